The topological polar surface area (TPSA) is 53.1 Å². The highest BCUT2D eigenvalue weighted by Crippen LogP contribution is 2.11. The molecule has 0 atom stereocenters. The van der Waals surface area contributed by atoms with Gasteiger partial charge in [0.1, 0.15) is 0 Å². The Labute approximate surface area is 73.7 Å². The quantitative estimate of drug-likeness (QED) is 0.736. The van der Waals surface area contributed by atoms with Gasteiger partial charge in [-0.15, -0.1) is 0 Å². The fourth-order valence-corrected chi connectivity index (χ4v) is 1.47. The van der Waals surface area contributed by atoms with E-state index in [0.29, 0.717) is 5.69 Å². The molecule has 0 aromatic carbocycles. The van der Waals surface area contributed by atoms with Crippen LogP contribution in [-0.2, 0) is 0 Å². The van der Waals surface area contributed by atoms with Crippen LogP contribution in [0.4, 0.5) is 0 Å². The molecular weight excluding hydrogens is 174 g/mol. The molecule has 0 amide bonds. The molecule has 2 N–H and O–H groups in total. The SMILES string of the molecule is C=Cc1sc(=O)[nH]c1/C=C\CO. The molecule has 1 rings (SSSR count). The highest BCUT2D eigenvalue weighted by atomic mass is 32.1. The molecule has 3 nitrogen and oxygen atoms in total. The Kier molecular flexibility index (Phi) is 3.01. The van der Waals surface area contributed by atoms with Crippen molar-refractivity contribution in [2.24, 2.45) is 0 Å². The van der Waals surface area contributed by atoms with E-state index in [9.17, 15) is 4.79 Å². The van der Waals surface area contributed by atoms with Crippen molar-refractivity contribution in [3.05, 3.63) is 32.9 Å². The standard InChI is InChI=1S/C8H9NO2S/c1-2-7-6(4-3-5-10)9-8(11)12-7/h2-4,10H,1,5H2,(H,9,11)/b4-3-. The van der Waals surface area contributed by atoms with Crippen molar-refractivity contribution in [3.63, 3.8) is 0 Å². The highest BCUT2D eigenvalue weighted by Gasteiger charge is 1.99. The van der Waals surface area contributed by atoms with Crippen molar-refractivity contribution in [3.8, 4) is 0 Å². The summed E-state index contributed by atoms with van der Waals surface area (Å²) in [7, 11) is 0. The summed E-state index contributed by atoms with van der Waals surface area (Å²) in [5, 5.41) is 8.50. The number of H-pyrrole nitrogens is 1. The van der Waals surface area contributed by atoms with Crippen LogP contribution in [-0.4, -0.2) is 16.7 Å². The smallest absolute Gasteiger partial charge is 0.305 e. The Morgan fingerprint density at radius 1 is 1.67 bits per heavy atom. The molecule has 1 aromatic heterocycles. The second-order valence-electron chi connectivity index (χ2n) is 2.08. The second kappa shape index (κ2) is 4.04. The van der Waals surface area contributed by atoms with E-state index in [0.717, 1.165) is 16.2 Å². The van der Waals surface area contributed by atoms with E-state index in [4.69, 9.17) is 5.11 Å². The lowest BCUT2D eigenvalue weighted by atomic mass is 10.3. The third kappa shape index (κ3) is 1.93. The van der Waals surface area contributed by atoms with Crippen LogP contribution in [0.2, 0.25) is 0 Å². The Bertz CT molecular complexity index is 348. The number of thiazole rings is 1. The summed E-state index contributed by atoms with van der Waals surface area (Å²) >= 11 is 1.10. The first kappa shape index (κ1) is 8.96. The number of nitrogens with one attached hydrogen (secondary N) is 1. The third-order valence-electron chi connectivity index (χ3n) is 1.28. The Morgan fingerprint density at radius 2 is 2.42 bits per heavy atom. The molecule has 64 valence electrons. The molecule has 0 fully saturated rings. The molecule has 0 bridgehead atoms. The van der Waals surface area contributed by atoms with Crippen molar-refractivity contribution in [2.75, 3.05) is 6.61 Å². The fourth-order valence-electron chi connectivity index (χ4n) is 0.798. The van der Waals surface area contributed by atoms with Crippen LogP contribution in [0.1, 0.15) is 10.6 Å². The highest BCUT2D eigenvalue weighted by molar-refractivity contribution is 7.10. The fraction of sp³-hybridized carbons (Fsp3) is 0.125. The van der Waals surface area contributed by atoms with Crippen molar-refractivity contribution >= 4 is 23.5 Å². The predicted octanol–water partition coefficient (Wildman–Crippen LogP) is 1.08. The largest absolute Gasteiger partial charge is 0.392 e. The zero-order valence-corrected chi connectivity index (χ0v) is 7.23. The lowest BCUT2D eigenvalue weighted by Crippen LogP contribution is -1.91. The summed E-state index contributed by atoms with van der Waals surface area (Å²) in [5.41, 5.74) is 0.703. The van der Waals surface area contributed by atoms with Gasteiger partial charge in [-0.1, -0.05) is 24.0 Å². The molecule has 1 aromatic rings. The maximum atomic E-state index is 10.9. The summed E-state index contributed by atoms with van der Waals surface area (Å²) in [6, 6.07) is 0. The average Bonchev–Trinajstić information content (AvgIpc) is 2.42. The van der Waals surface area contributed by atoms with Gasteiger partial charge in [0, 0.05) is 0 Å². The minimum atomic E-state index is -0.109. The van der Waals surface area contributed by atoms with Crippen molar-refractivity contribution in [1.29, 1.82) is 0 Å². The van der Waals surface area contributed by atoms with Crippen LogP contribution in [0.3, 0.4) is 0 Å². The van der Waals surface area contributed by atoms with Crippen LogP contribution in [0.25, 0.3) is 12.2 Å². The molecular formula is C8H9NO2S. The molecule has 0 aliphatic carbocycles. The van der Waals surface area contributed by atoms with Gasteiger partial charge in [-0.2, -0.15) is 0 Å². The van der Waals surface area contributed by atoms with Gasteiger partial charge in [-0.05, 0) is 12.2 Å². The van der Waals surface area contributed by atoms with E-state index in [2.05, 4.69) is 11.6 Å². The van der Waals surface area contributed by atoms with Crippen molar-refractivity contribution in [2.45, 2.75) is 0 Å². The molecule has 4 heteroatoms. The minimum absolute atomic E-state index is 0.0333. The van der Waals surface area contributed by atoms with E-state index >= 15 is 0 Å². The van der Waals surface area contributed by atoms with Crippen LogP contribution in [0, 0.1) is 0 Å². The molecule has 0 saturated carbocycles. The Balaban J connectivity index is 3.04. The zero-order chi connectivity index (χ0) is 8.97. The van der Waals surface area contributed by atoms with Gasteiger partial charge < -0.3 is 10.1 Å². The number of hydrogen-bond donors (Lipinski definition) is 2. The lowest BCUT2D eigenvalue weighted by Gasteiger charge is -1.87. The van der Waals surface area contributed by atoms with Crippen molar-refractivity contribution < 1.29 is 5.11 Å². The molecule has 12 heavy (non-hydrogen) atoms. The molecule has 0 unspecified atom stereocenters. The number of aliphatic hydroxyl groups is 1. The van der Waals surface area contributed by atoms with Crippen molar-refractivity contribution in [1.82, 2.24) is 4.98 Å². The van der Waals surface area contributed by atoms with Gasteiger partial charge in [0.15, 0.2) is 0 Å². The lowest BCUT2D eigenvalue weighted by molar-refractivity contribution is 0.343. The van der Waals surface area contributed by atoms with Gasteiger partial charge in [0.05, 0.1) is 17.2 Å². The maximum Gasteiger partial charge on any atom is 0.305 e. The van der Waals surface area contributed by atoms with Gasteiger partial charge in [0.2, 0.25) is 0 Å². The predicted molar refractivity (Wildman–Crippen MR) is 51.2 cm³/mol. The molecule has 0 saturated heterocycles. The summed E-state index contributed by atoms with van der Waals surface area (Å²) < 4.78 is 0. The number of aromatic nitrogens is 1. The summed E-state index contributed by atoms with van der Waals surface area (Å²) in [5.74, 6) is 0. The number of rotatable bonds is 3. The first-order valence-electron chi connectivity index (χ1n) is 3.41. The van der Waals surface area contributed by atoms with E-state index < -0.39 is 0 Å². The first-order chi connectivity index (χ1) is 5.77. The maximum absolute atomic E-state index is 10.9. The van der Waals surface area contributed by atoms with E-state index in [1.54, 1.807) is 18.2 Å². The monoisotopic (exact) mass is 183 g/mol. The Hall–Kier alpha value is -1.13. The van der Waals surface area contributed by atoms with Gasteiger partial charge in [-0.3, -0.25) is 4.79 Å². The molecule has 1 heterocycles. The minimum Gasteiger partial charge on any atom is -0.392 e. The van der Waals surface area contributed by atoms with Crippen LogP contribution in [0.5, 0.6) is 0 Å². The first-order valence-corrected chi connectivity index (χ1v) is 4.22. The van der Waals surface area contributed by atoms with E-state index in [1.807, 2.05) is 0 Å². The normalized spacial score (nSPS) is 10.8. The van der Waals surface area contributed by atoms with Gasteiger partial charge in [0.25, 0.3) is 0 Å². The molecule has 0 radical (unpaired) electrons. The third-order valence-corrected chi connectivity index (χ3v) is 2.17. The van der Waals surface area contributed by atoms with Gasteiger partial charge in [-0.25, -0.2) is 0 Å². The Morgan fingerprint density at radius 3 is 3.00 bits per heavy atom. The second-order valence-corrected chi connectivity index (χ2v) is 3.10. The number of aromatic amines is 1. The summed E-state index contributed by atoms with van der Waals surface area (Å²) in [4.78, 5) is 14.2. The molecule has 0 aliphatic rings. The van der Waals surface area contributed by atoms with Gasteiger partial charge >= 0.3 is 4.87 Å². The van der Waals surface area contributed by atoms with Crippen LogP contribution >= 0.6 is 11.3 Å². The van der Waals surface area contributed by atoms with Crippen LogP contribution in [0.15, 0.2) is 17.4 Å². The molecule has 0 aliphatic heterocycles. The summed E-state index contributed by atoms with van der Waals surface area (Å²) in [6.07, 6.45) is 4.83. The molecule has 0 spiro atoms. The van der Waals surface area contributed by atoms with Crippen LogP contribution < -0.4 is 4.87 Å². The average molecular weight is 183 g/mol. The zero-order valence-electron chi connectivity index (χ0n) is 6.41. The summed E-state index contributed by atoms with van der Waals surface area (Å²) in [6.45, 7) is 3.53. The number of hydrogen-bond acceptors (Lipinski definition) is 3. The van der Waals surface area contributed by atoms with E-state index in [1.165, 1.54) is 0 Å². The number of aliphatic hydroxyl groups excluding tert-OH is 1. The van der Waals surface area contributed by atoms with E-state index in [-0.39, 0.29) is 11.5 Å².